The number of nitrogens with zero attached hydrogens (tertiary/aromatic N) is 2. The van der Waals surface area contributed by atoms with Gasteiger partial charge in [0.05, 0.1) is 18.6 Å². The lowest BCUT2D eigenvalue weighted by atomic mass is 9.70. The molecule has 1 amide bonds. The van der Waals surface area contributed by atoms with Crippen molar-refractivity contribution < 1.29 is 40.5 Å². The van der Waals surface area contributed by atoms with Crippen LogP contribution in [0.5, 0.6) is 0 Å². The minimum atomic E-state index is -0.670. The molecule has 8 heteroatoms. The van der Waals surface area contributed by atoms with Gasteiger partial charge < -0.3 is 36.3 Å². The molecule has 5 atom stereocenters. The standard InChI is InChI=1S/C41H55N3O4.BrH/c1-11-28-26-44(25-27-20-30(39(2,3)4)23-31(21-27)40(5,6)7)19-17-29(28)22-35(44)37(33-16-18-42-34-15-13-12-14-32(33)34)47-36(45)24-43-38(46)48-41(8,9)10;/h11-16,18,20-21,23,28-29,35,37H,1,17,19,22,24-26H2,2-10H3;1H/t28-,29-,35+,37-,44?;/m0./s1. The Morgan fingerprint density at radius 3 is 2.27 bits per heavy atom. The van der Waals surface area contributed by atoms with Gasteiger partial charge in [-0.25, -0.2) is 4.79 Å². The molecular formula is C41H56BrN3O4. The van der Waals surface area contributed by atoms with Gasteiger partial charge in [0.1, 0.15) is 24.7 Å². The lowest BCUT2D eigenvalue weighted by molar-refractivity contribution is -0.984. The van der Waals surface area contributed by atoms with Crippen LogP contribution in [0, 0.1) is 11.8 Å². The number of carbonyl (C=O) groups is 2. The first-order valence-corrected chi connectivity index (χ1v) is 17.5. The quantitative estimate of drug-likeness (QED) is 0.187. The van der Waals surface area contributed by atoms with Crippen molar-refractivity contribution in [2.24, 2.45) is 11.8 Å². The predicted molar refractivity (Wildman–Crippen MR) is 193 cm³/mol. The second kappa shape index (κ2) is 14.6. The summed E-state index contributed by atoms with van der Waals surface area (Å²) in [5, 5.41) is 3.59. The summed E-state index contributed by atoms with van der Waals surface area (Å²) in [6.45, 7) is 25.8. The van der Waals surface area contributed by atoms with Crippen LogP contribution in [-0.2, 0) is 31.6 Å². The largest absolute Gasteiger partial charge is 1.00 e. The predicted octanol–water partition coefficient (Wildman–Crippen LogP) is 5.55. The fourth-order valence-corrected chi connectivity index (χ4v) is 7.73. The molecule has 3 fully saturated rings. The van der Waals surface area contributed by atoms with Gasteiger partial charge in [0.25, 0.3) is 0 Å². The molecule has 2 bridgehead atoms. The monoisotopic (exact) mass is 733 g/mol. The maximum Gasteiger partial charge on any atom is 0.408 e. The van der Waals surface area contributed by atoms with Gasteiger partial charge in [0.15, 0.2) is 6.10 Å². The average Bonchev–Trinajstić information content (AvgIpc) is 3.00. The highest BCUT2D eigenvalue weighted by Gasteiger charge is 2.55. The van der Waals surface area contributed by atoms with E-state index in [0.29, 0.717) is 11.8 Å². The SMILES string of the molecule is C=C[C@H]1C[N+]2(Cc3cc(C(C)(C)C)cc(C(C)(C)C)c3)CC[C@H]1C[C@@H]2[C@@H](OC(=O)CNC(=O)OC(C)(C)C)c1ccnc2ccccc12.[Br-]. The number of fused-ring (bicyclic) bond motifs is 4. The molecule has 1 aromatic heterocycles. The van der Waals surface area contributed by atoms with Crippen LogP contribution in [0.2, 0.25) is 0 Å². The smallest absolute Gasteiger partial charge is 0.408 e. The van der Waals surface area contributed by atoms with Crippen LogP contribution < -0.4 is 22.3 Å². The minimum absolute atomic E-state index is 0. The van der Waals surface area contributed by atoms with E-state index < -0.39 is 23.8 Å². The van der Waals surface area contributed by atoms with Gasteiger partial charge in [-0.2, -0.15) is 0 Å². The number of rotatable bonds is 8. The molecule has 49 heavy (non-hydrogen) atoms. The number of hydrogen-bond acceptors (Lipinski definition) is 5. The number of pyridine rings is 1. The molecule has 3 saturated heterocycles. The van der Waals surface area contributed by atoms with Crippen molar-refractivity contribution in [1.82, 2.24) is 10.3 Å². The molecule has 6 rings (SSSR count). The van der Waals surface area contributed by atoms with Crippen LogP contribution >= 0.6 is 0 Å². The number of benzene rings is 2. The fourth-order valence-electron chi connectivity index (χ4n) is 7.73. The minimum Gasteiger partial charge on any atom is -1.00 e. The molecule has 3 aliphatic rings. The van der Waals surface area contributed by atoms with E-state index in [1.54, 1.807) is 20.8 Å². The van der Waals surface area contributed by atoms with Gasteiger partial charge >= 0.3 is 12.1 Å². The van der Waals surface area contributed by atoms with E-state index in [1.165, 1.54) is 16.7 Å². The van der Waals surface area contributed by atoms with Crippen LogP contribution in [0.15, 0.2) is 67.4 Å². The first kappa shape index (κ1) is 38.6. The molecule has 2 aromatic carbocycles. The summed E-state index contributed by atoms with van der Waals surface area (Å²) < 4.78 is 12.7. The summed E-state index contributed by atoms with van der Waals surface area (Å²) in [6.07, 6.45) is 4.80. The third kappa shape index (κ3) is 8.93. The molecular weight excluding hydrogens is 678 g/mol. The fraction of sp³-hybridized carbons (Fsp3) is 0.537. The van der Waals surface area contributed by atoms with E-state index in [-0.39, 0.29) is 40.4 Å². The number of aromatic nitrogens is 1. The van der Waals surface area contributed by atoms with Crippen LogP contribution in [0.3, 0.4) is 0 Å². The van der Waals surface area contributed by atoms with Gasteiger partial charge in [-0.15, -0.1) is 6.58 Å². The second-order valence-corrected chi connectivity index (χ2v) is 17.1. The maximum absolute atomic E-state index is 13.6. The van der Waals surface area contributed by atoms with E-state index >= 15 is 0 Å². The van der Waals surface area contributed by atoms with Gasteiger partial charge in [0, 0.05) is 41.5 Å². The van der Waals surface area contributed by atoms with Crippen molar-refractivity contribution in [1.29, 1.82) is 0 Å². The Hall–Kier alpha value is -3.23. The summed E-state index contributed by atoms with van der Waals surface area (Å²) in [4.78, 5) is 30.7. The second-order valence-electron chi connectivity index (χ2n) is 17.1. The summed E-state index contributed by atoms with van der Waals surface area (Å²) in [6, 6.07) is 17.2. The Morgan fingerprint density at radius 1 is 1.00 bits per heavy atom. The van der Waals surface area contributed by atoms with Crippen molar-refractivity contribution in [2.75, 3.05) is 19.6 Å². The Balaban J connectivity index is 0.00000541. The number of para-hydroxylation sites is 1. The zero-order valence-corrected chi connectivity index (χ0v) is 32.5. The Kier molecular flexibility index (Phi) is 11.5. The lowest BCUT2D eigenvalue weighted by Crippen LogP contribution is -3.00. The third-order valence-corrected chi connectivity index (χ3v) is 10.3. The number of alkyl carbamates (subject to hydrolysis) is 1. The zero-order chi connectivity index (χ0) is 35.1. The van der Waals surface area contributed by atoms with E-state index in [4.69, 9.17) is 9.47 Å². The van der Waals surface area contributed by atoms with Gasteiger partial charge in [-0.05, 0) is 72.9 Å². The number of amides is 1. The molecule has 1 N–H and O–H groups in total. The number of esters is 1. The Morgan fingerprint density at radius 2 is 1.65 bits per heavy atom. The summed E-state index contributed by atoms with van der Waals surface area (Å²) >= 11 is 0. The molecule has 1 unspecified atom stereocenters. The number of carbonyl (C=O) groups excluding carboxylic acids is 2. The van der Waals surface area contributed by atoms with Gasteiger partial charge in [0.2, 0.25) is 0 Å². The average molecular weight is 735 g/mol. The highest BCUT2D eigenvalue weighted by molar-refractivity contribution is 5.83. The van der Waals surface area contributed by atoms with Crippen LogP contribution in [-0.4, -0.2) is 52.8 Å². The number of hydrogen-bond donors (Lipinski definition) is 1. The summed E-state index contributed by atoms with van der Waals surface area (Å²) in [5.41, 5.74) is 5.14. The number of piperidine rings is 3. The lowest BCUT2D eigenvalue weighted by Gasteiger charge is -2.58. The van der Waals surface area contributed by atoms with Crippen molar-refractivity contribution in [3.63, 3.8) is 0 Å². The third-order valence-electron chi connectivity index (χ3n) is 10.3. The number of halogens is 1. The van der Waals surface area contributed by atoms with Crippen molar-refractivity contribution >= 4 is 23.0 Å². The molecule has 0 saturated carbocycles. The molecule has 0 radical (unpaired) electrons. The number of nitrogens with one attached hydrogen (secondary N) is 1. The highest BCUT2D eigenvalue weighted by Crippen LogP contribution is 2.49. The summed E-state index contributed by atoms with van der Waals surface area (Å²) in [7, 11) is 0. The van der Waals surface area contributed by atoms with E-state index in [9.17, 15) is 9.59 Å². The van der Waals surface area contributed by atoms with Gasteiger partial charge in [-0.3, -0.25) is 9.78 Å². The first-order valence-electron chi connectivity index (χ1n) is 17.5. The Labute approximate surface area is 304 Å². The highest BCUT2D eigenvalue weighted by atomic mass is 79.9. The van der Waals surface area contributed by atoms with Crippen molar-refractivity contribution in [2.45, 2.75) is 110 Å². The Bertz CT molecular complexity index is 1630. The summed E-state index contributed by atoms with van der Waals surface area (Å²) in [5.74, 6) is 0.368. The molecule has 266 valence electrons. The maximum atomic E-state index is 13.6. The molecule has 0 spiro atoms. The molecule has 3 aliphatic heterocycles. The van der Waals surface area contributed by atoms with Crippen LogP contribution in [0.25, 0.3) is 10.9 Å². The normalized spacial score (nSPS) is 22.9. The van der Waals surface area contributed by atoms with E-state index in [1.807, 2.05) is 30.5 Å². The zero-order valence-electron chi connectivity index (χ0n) is 30.9. The molecule has 7 nitrogen and oxygen atoms in total. The van der Waals surface area contributed by atoms with E-state index in [0.717, 1.165) is 53.4 Å². The molecule has 4 heterocycles. The molecule has 3 aromatic rings. The van der Waals surface area contributed by atoms with Crippen LogP contribution in [0.4, 0.5) is 4.79 Å². The first-order chi connectivity index (χ1) is 22.4. The van der Waals surface area contributed by atoms with Crippen molar-refractivity contribution in [3.8, 4) is 0 Å². The topological polar surface area (TPSA) is 77.5 Å². The number of ether oxygens (including phenoxy) is 2. The van der Waals surface area contributed by atoms with Crippen molar-refractivity contribution in [3.05, 3.63) is 89.6 Å². The van der Waals surface area contributed by atoms with Gasteiger partial charge in [-0.1, -0.05) is 71.9 Å². The van der Waals surface area contributed by atoms with E-state index in [2.05, 4.69) is 88.8 Å². The molecule has 0 aliphatic carbocycles. The van der Waals surface area contributed by atoms with Crippen LogP contribution in [0.1, 0.15) is 104 Å². The number of quaternary nitrogens is 1.